The summed E-state index contributed by atoms with van der Waals surface area (Å²) >= 11 is 6.14. The van der Waals surface area contributed by atoms with Crippen molar-refractivity contribution in [2.75, 3.05) is 7.11 Å². The summed E-state index contributed by atoms with van der Waals surface area (Å²) in [5.41, 5.74) is 4.02. The van der Waals surface area contributed by atoms with Crippen LogP contribution in [0.3, 0.4) is 0 Å². The summed E-state index contributed by atoms with van der Waals surface area (Å²) in [7, 11) is 1.39. The molecule has 0 atom stereocenters. The van der Waals surface area contributed by atoms with Gasteiger partial charge in [0.2, 0.25) is 0 Å². The number of methoxy groups -OCH3 is 1. The molecule has 0 aliphatic rings. The minimum absolute atomic E-state index is 0.225. The molecule has 0 N–H and O–H groups in total. The van der Waals surface area contributed by atoms with Crippen LogP contribution in [0.4, 0.5) is 0 Å². The van der Waals surface area contributed by atoms with Crippen LogP contribution in [0.2, 0.25) is 5.02 Å². The number of carbonyl (C=O) groups excluding carboxylic acids is 1. The van der Waals surface area contributed by atoms with Crippen molar-refractivity contribution in [1.82, 2.24) is 4.98 Å². The summed E-state index contributed by atoms with van der Waals surface area (Å²) in [4.78, 5) is 15.8. The minimum Gasteiger partial charge on any atom is -0.469 e. The molecule has 1 aromatic heterocycles. The molecule has 19 heavy (non-hydrogen) atoms. The van der Waals surface area contributed by atoms with Crippen LogP contribution in [0.15, 0.2) is 18.2 Å². The number of pyridine rings is 1. The summed E-state index contributed by atoms with van der Waals surface area (Å²) in [5.74, 6) is -0.225. The Bertz CT molecular complexity index is 638. The third-order valence-electron chi connectivity index (χ3n) is 3.12. The maximum absolute atomic E-state index is 11.3. The van der Waals surface area contributed by atoms with Gasteiger partial charge in [-0.1, -0.05) is 11.6 Å². The SMILES string of the molecule is COC(=O)CCc1cc(Cl)cc2c(C)cc(C)nc12. The van der Waals surface area contributed by atoms with Crippen molar-refractivity contribution in [2.45, 2.75) is 26.7 Å². The van der Waals surface area contributed by atoms with Crippen molar-refractivity contribution in [3.63, 3.8) is 0 Å². The van der Waals surface area contributed by atoms with Crippen LogP contribution in [-0.4, -0.2) is 18.1 Å². The lowest BCUT2D eigenvalue weighted by Gasteiger charge is -2.10. The standard InChI is InChI=1S/C15H16ClNO2/c1-9-6-10(2)17-15-11(4-5-14(18)19-3)7-12(16)8-13(9)15/h6-8H,4-5H2,1-3H3. The number of hydrogen-bond acceptors (Lipinski definition) is 3. The fourth-order valence-electron chi connectivity index (χ4n) is 2.22. The Morgan fingerprint density at radius 3 is 2.74 bits per heavy atom. The summed E-state index contributed by atoms with van der Waals surface area (Å²) in [6.45, 7) is 4.00. The molecule has 1 aromatic carbocycles. The van der Waals surface area contributed by atoms with Gasteiger partial charge in [-0.2, -0.15) is 0 Å². The quantitative estimate of drug-likeness (QED) is 0.805. The van der Waals surface area contributed by atoms with Crippen LogP contribution in [-0.2, 0) is 16.0 Å². The van der Waals surface area contributed by atoms with E-state index in [0.29, 0.717) is 17.9 Å². The van der Waals surface area contributed by atoms with E-state index in [9.17, 15) is 4.79 Å². The van der Waals surface area contributed by atoms with Gasteiger partial charge in [0.15, 0.2) is 0 Å². The van der Waals surface area contributed by atoms with Crippen LogP contribution in [0.5, 0.6) is 0 Å². The Labute approximate surface area is 117 Å². The Morgan fingerprint density at radius 1 is 1.32 bits per heavy atom. The van der Waals surface area contributed by atoms with Crippen molar-refractivity contribution >= 4 is 28.5 Å². The molecule has 3 nitrogen and oxygen atoms in total. The first-order valence-electron chi connectivity index (χ1n) is 6.14. The molecule has 0 saturated carbocycles. The zero-order valence-corrected chi connectivity index (χ0v) is 12.0. The van der Waals surface area contributed by atoms with Gasteiger partial charge in [0.05, 0.1) is 12.6 Å². The van der Waals surface area contributed by atoms with E-state index in [0.717, 1.165) is 27.7 Å². The number of aryl methyl sites for hydroxylation is 3. The zero-order valence-electron chi connectivity index (χ0n) is 11.3. The van der Waals surface area contributed by atoms with Gasteiger partial charge in [-0.15, -0.1) is 0 Å². The van der Waals surface area contributed by atoms with Crippen molar-refractivity contribution in [3.8, 4) is 0 Å². The lowest BCUT2D eigenvalue weighted by Crippen LogP contribution is -2.03. The van der Waals surface area contributed by atoms with Gasteiger partial charge < -0.3 is 4.74 Å². The molecule has 0 saturated heterocycles. The fraction of sp³-hybridized carbons (Fsp3) is 0.333. The number of hydrogen-bond donors (Lipinski definition) is 0. The number of rotatable bonds is 3. The van der Waals surface area contributed by atoms with E-state index in [1.807, 2.05) is 32.0 Å². The highest BCUT2D eigenvalue weighted by Crippen LogP contribution is 2.26. The number of carbonyl (C=O) groups is 1. The third kappa shape index (κ3) is 3.04. The second-order valence-corrected chi connectivity index (χ2v) is 5.05. The van der Waals surface area contributed by atoms with E-state index < -0.39 is 0 Å². The number of benzene rings is 1. The number of fused-ring (bicyclic) bond motifs is 1. The van der Waals surface area contributed by atoms with Crippen molar-refractivity contribution in [2.24, 2.45) is 0 Å². The molecule has 0 fully saturated rings. The average Bonchev–Trinajstić information content (AvgIpc) is 2.36. The molecule has 0 unspecified atom stereocenters. The summed E-state index contributed by atoms with van der Waals surface area (Å²) in [6, 6.07) is 5.82. The first kappa shape index (κ1) is 13.8. The molecule has 1 heterocycles. The first-order valence-corrected chi connectivity index (χ1v) is 6.52. The number of ether oxygens (including phenoxy) is 1. The Hall–Kier alpha value is -1.61. The van der Waals surface area contributed by atoms with Crippen molar-refractivity contribution < 1.29 is 9.53 Å². The molecule has 2 aromatic rings. The molecular weight excluding hydrogens is 262 g/mol. The monoisotopic (exact) mass is 277 g/mol. The Kier molecular flexibility index (Phi) is 4.05. The van der Waals surface area contributed by atoms with E-state index in [1.54, 1.807) is 0 Å². The maximum Gasteiger partial charge on any atom is 0.305 e. The minimum atomic E-state index is -0.225. The molecule has 0 aliphatic heterocycles. The largest absolute Gasteiger partial charge is 0.469 e. The molecule has 2 rings (SSSR count). The Balaban J connectivity index is 2.50. The molecule has 0 bridgehead atoms. The van der Waals surface area contributed by atoms with E-state index in [-0.39, 0.29) is 5.97 Å². The number of esters is 1. The zero-order chi connectivity index (χ0) is 14.0. The van der Waals surface area contributed by atoms with Gasteiger partial charge in [-0.05, 0) is 49.6 Å². The lowest BCUT2D eigenvalue weighted by atomic mass is 10.0. The highest BCUT2D eigenvalue weighted by atomic mass is 35.5. The topological polar surface area (TPSA) is 39.2 Å². The second kappa shape index (κ2) is 5.57. The summed E-state index contributed by atoms with van der Waals surface area (Å²) < 4.78 is 4.67. The molecule has 0 amide bonds. The van der Waals surface area contributed by atoms with E-state index in [4.69, 9.17) is 11.6 Å². The van der Waals surface area contributed by atoms with E-state index in [2.05, 4.69) is 9.72 Å². The predicted octanol–water partition coefficient (Wildman–Crippen LogP) is 3.61. The number of halogens is 1. The van der Waals surface area contributed by atoms with E-state index >= 15 is 0 Å². The van der Waals surface area contributed by atoms with Gasteiger partial charge in [-0.25, -0.2) is 0 Å². The van der Waals surface area contributed by atoms with Crippen LogP contribution in [0, 0.1) is 13.8 Å². The highest BCUT2D eigenvalue weighted by molar-refractivity contribution is 6.31. The van der Waals surface area contributed by atoms with Crippen LogP contribution < -0.4 is 0 Å². The van der Waals surface area contributed by atoms with Crippen LogP contribution >= 0.6 is 11.6 Å². The number of aromatic nitrogens is 1. The fourth-order valence-corrected chi connectivity index (χ4v) is 2.46. The van der Waals surface area contributed by atoms with Gasteiger partial charge in [0.1, 0.15) is 0 Å². The number of nitrogens with zero attached hydrogens (tertiary/aromatic N) is 1. The predicted molar refractivity (Wildman–Crippen MR) is 76.6 cm³/mol. The second-order valence-electron chi connectivity index (χ2n) is 4.62. The molecular formula is C15H16ClNO2. The smallest absolute Gasteiger partial charge is 0.305 e. The molecule has 4 heteroatoms. The lowest BCUT2D eigenvalue weighted by molar-refractivity contribution is -0.140. The molecule has 0 aliphatic carbocycles. The van der Waals surface area contributed by atoms with Gasteiger partial charge in [0.25, 0.3) is 0 Å². The average molecular weight is 278 g/mol. The van der Waals surface area contributed by atoms with Crippen molar-refractivity contribution in [1.29, 1.82) is 0 Å². The van der Waals surface area contributed by atoms with Crippen molar-refractivity contribution in [3.05, 3.63) is 40.0 Å². The van der Waals surface area contributed by atoms with Gasteiger partial charge >= 0.3 is 5.97 Å². The third-order valence-corrected chi connectivity index (χ3v) is 3.34. The van der Waals surface area contributed by atoms with Crippen LogP contribution in [0.1, 0.15) is 23.2 Å². The van der Waals surface area contributed by atoms with E-state index in [1.165, 1.54) is 7.11 Å². The van der Waals surface area contributed by atoms with Gasteiger partial charge in [-0.3, -0.25) is 9.78 Å². The normalized spacial score (nSPS) is 10.7. The first-order chi connectivity index (χ1) is 9.01. The highest BCUT2D eigenvalue weighted by Gasteiger charge is 2.10. The molecule has 0 spiro atoms. The maximum atomic E-state index is 11.3. The Morgan fingerprint density at radius 2 is 2.05 bits per heavy atom. The molecule has 100 valence electrons. The summed E-state index contributed by atoms with van der Waals surface area (Å²) in [5, 5.41) is 1.71. The van der Waals surface area contributed by atoms with Crippen LogP contribution in [0.25, 0.3) is 10.9 Å². The molecule has 0 radical (unpaired) electrons. The summed E-state index contributed by atoms with van der Waals surface area (Å²) in [6.07, 6.45) is 0.917. The van der Waals surface area contributed by atoms with Gasteiger partial charge in [0, 0.05) is 22.5 Å².